The summed E-state index contributed by atoms with van der Waals surface area (Å²) in [6.45, 7) is 9.99. The largest absolute Gasteiger partial charge is 0.320 e. The lowest BCUT2D eigenvalue weighted by atomic mass is 9.96. The number of fused-ring (bicyclic) bond motifs is 4. The van der Waals surface area contributed by atoms with Gasteiger partial charge >= 0.3 is 0 Å². The van der Waals surface area contributed by atoms with Crippen LogP contribution in [0, 0.1) is 0 Å². The third-order valence-electron chi connectivity index (χ3n) is 5.88. The minimum absolute atomic E-state index is 0.143. The van der Waals surface area contributed by atoms with Crippen LogP contribution in [0.2, 0.25) is 0 Å². The number of rotatable bonds is 4. The normalized spacial score (nSPS) is 18.5. The van der Waals surface area contributed by atoms with Crippen molar-refractivity contribution in [3.05, 3.63) is 131 Å². The fourth-order valence-electron chi connectivity index (χ4n) is 4.58. The molecule has 1 aliphatic rings. The first kappa shape index (κ1) is 21.6. The molecule has 1 aliphatic carbocycles. The van der Waals surface area contributed by atoms with Gasteiger partial charge in [0.15, 0.2) is 0 Å². The van der Waals surface area contributed by atoms with Crippen molar-refractivity contribution in [1.82, 2.24) is 0 Å². The molecule has 0 aromatic heterocycles. The Morgan fingerprint density at radius 2 is 1.66 bits per heavy atom. The molecule has 158 valence electrons. The highest BCUT2D eigenvalue weighted by atomic mass is 14.7. The van der Waals surface area contributed by atoms with E-state index >= 15 is 0 Å². The van der Waals surface area contributed by atoms with E-state index in [1.165, 1.54) is 55.0 Å². The zero-order valence-electron chi connectivity index (χ0n) is 19.0. The van der Waals surface area contributed by atoms with Gasteiger partial charge in [-0.25, -0.2) is 0 Å². The summed E-state index contributed by atoms with van der Waals surface area (Å²) in [4.78, 5) is 0. The molecule has 0 saturated heterocycles. The van der Waals surface area contributed by atoms with E-state index in [9.17, 15) is 0 Å². The van der Waals surface area contributed by atoms with E-state index in [2.05, 4.69) is 99.8 Å². The van der Waals surface area contributed by atoms with Gasteiger partial charge in [-0.05, 0) is 88.4 Å². The second-order valence-corrected chi connectivity index (χ2v) is 8.46. The van der Waals surface area contributed by atoms with Crippen molar-refractivity contribution in [2.24, 2.45) is 5.73 Å². The Morgan fingerprint density at radius 1 is 0.906 bits per heavy atom. The Morgan fingerprint density at radius 3 is 2.44 bits per heavy atom. The first-order valence-electron chi connectivity index (χ1n) is 11.0. The Kier molecular flexibility index (Phi) is 6.23. The number of benzene rings is 3. The maximum absolute atomic E-state index is 6.85. The second kappa shape index (κ2) is 9.24. The van der Waals surface area contributed by atoms with Crippen molar-refractivity contribution < 1.29 is 0 Å². The Balaban J connectivity index is 1.96. The molecule has 0 bridgehead atoms. The summed E-state index contributed by atoms with van der Waals surface area (Å²) in [6.07, 6.45) is 14.2. The lowest BCUT2D eigenvalue weighted by Gasteiger charge is -2.11. The van der Waals surface area contributed by atoms with Crippen molar-refractivity contribution in [2.75, 3.05) is 0 Å². The molecule has 0 fully saturated rings. The zero-order chi connectivity index (χ0) is 22.7. The van der Waals surface area contributed by atoms with Gasteiger partial charge in [0.05, 0.1) is 6.04 Å². The molecular formula is C31H29N. The van der Waals surface area contributed by atoms with Gasteiger partial charge in [0.1, 0.15) is 0 Å². The molecule has 3 aromatic carbocycles. The fraction of sp³-hybridized carbons (Fsp3) is 0.129. The minimum Gasteiger partial charge on any atom is -0.320 e. The van der Waals surface area contributed by atoms with Gasteiger partial charge in [-0.3, -0.25) is 0 Å². The van der Waals surface area contributed by atoms with Gasteiger partial charge in [-0.15, -0.1) is 5.73 Å². The van der Waals surface area contributed by atoms with Gasteiger partial charge in [-0.1, -0.05) is 85.0 Å². The summed E-state index contributed by atoms with van der Waals surface area (Å²) in [5.41, 5.74) is 16.9. The molecule has 0 saturated carbocycles. The maximum Gasteiger partial charge on any atom is 0.0566 e. The molecule has 1 nitrogen and oxygen atoms in total. The Labute approximate surface area is 191 Å². The number of hydrogen-bond donors (Lipinski definition) is 1. The van der Waals surface area contributed by atoms with Crippen LogP contribution in [0.1, 0.15) is 37.9 Å². The average molecular weight is 416 g/mol. The summed E-state index contributed by atoms with van der Waals surface area (Å²) in [7, 11) is 0. The first-order valence-corrected chi connectivity index (χ1v) is 11.0. The van der Waals surface area contributed by atoms with Gasteiger partial charge in [0.25, 0.3) is 0 Å². The summed E-state index contributed by atoms with van der Waals surface area (Å²) < 4.78 is 0. The highest BCUT2D eigenvalue weighted by Gasteiger charge is 2.30. The Hall–Kier alpha value is -3.64. The molecule has 4 rings (SSSR count). The van der Waals surface area contributed by atoms with Crippen LogP contribution in [0.3, 0.4) is 0 Å². The van der Waals surface area contributed by atoms with Crippen LogP contribution in [0.25, 0.3) is 27.1 Å². The quantitative estimate of drug-likeness (QED) is 0.260. The van der Waals surface area contributed by atoms with Crippen molar-refractivity contribution >= 4 is 27.1 Å². The summed E-state index contributed by atoms with van der Waals surface area (Å²) >= 11 is 0. The van der Waals surface area contributed by atoms with E-state index in [0.717, 1.165) is 0 Å². The van der Waals surface area contributed by atoms with Crippen LogP contribution in [0.15, 0.2) is 120 Å². The second-order valence-electron chi connectivity index (χ2n) is 8.46. The lowest BCUT2D eigenvalue weighted by molar-refractivity contribution is 0.894. The summed E-state index contributed by atoms with van der Waals surface area (Å²) in [6, 6.07) is 17.4. The Bertz CT molecular complexity index is 1400. The topological polar surface area (TPSA) is 26.0 Å². The molecule has 1 unspecified atom stereocenters. The average Bonchev–Trinajstić information content (AvgIpc) is 3.05. The highest BCUT2D eigenvalue weighted by molar-refractivity contribution is 6.10. The molecule has 0 aliphatic heterocycles. The van der Waals surface area contributed by atoms with E-state index in [0.29, 0.717) is 0 Å². The molecular weight excluding hydrogens is 386 g/mol. The third kappa shape index (κ3) is 4.09. The molecule has 32 heavy (non-hydrogen) atoms. The molecule has 0 radical (unpaired) electrons. The van der Waals surface area contributed by atoms with Gasteiger partial charge in [0.2, 0.25) is 0 Å². The van der Waals surface area contributed by atoms with Crippen LogP contribution in [-0.4, -0.2) is 0 Å². The molecule has 0 heterocycles. The maximum atomic E-state index is 6.85. The summed E-state index contributed by atoms with van der Waals surface area (Å²) in [5, 5.41) is 5.02. The van der Waals surface area contributed by atoms with Crippen LogP contribution in [-0.2, 0) is 0 Å². The van der Waals surface area contributed by atoms with Crippen LogP contribution >= 0.6 is 0 Å². The number of hydrogen-bond acceptors (Lipinski definition) is 1. The van der Waals surface area contributed by atoms with Gasteiger partial charge in [-0.2, -0.15) is 0 Å². The van der Waals surface area contributed by atoms with Crippen molar-refractivity contribution in [2.45, 2.75) is 26.8 Å². The van der Waals surface area contributed by atoms with Gasteiger partial charge < -0.3 is 5.73 Å². The van der Waals surface area contributed by atoms with Crippen molar-refractivity contribution in [3.63, 3.8) is 0 Å². The van der Waals surface area contributed by atoms with Gasteiger partial charge in [0, 0.05) is 0 Å². The smallest absolute Gasteiger partial charge is 0.0566 e. The van der Waals surface area contributed by atoms with Crippen molar-refractivity contribution in [3.8, 4) is 0 Å². The monoisotopic (exact) mass is 415 g/mol. The molecule has 0 amide bonds. The standard InChI is InChI=1S/C31H29N/c1-5-6-7-8-9-10-15-26-28-20-27-24(17-16-23-13-11-12-14-25(23)27)19-29(28)31(32)30(26)22(4)18-21(2)3/h6-20,31H,1,32H2,2-4H3/b8-7+,10-9+,26-15-,30-22-. The predicted molar refractivity (Wildman–Crippen MR) is 140 cm³/mol. The van der Waals surface area contributed by atoms with E-state index in [1.54, 1.807) is 6.08 Å². The minimum atomic E-state index is -0.143. The summed E-state index contributed by atoms with van der Waals surface area (Å²) in [5.74, 6) is 0. The third-order valence-corrected chi connectivity index (χ3v) is 5.88. The lowest BCUT2D eigenvalue weighted by Crippen LogP contribution is -2.09. The number of allylic oxidation sites excluding steroid dienone is 9. The zero-order valence-corrected chi connectivity index (χ0v) is 19.0. The van der Waals surface area contributed by atoms with E-state index < -0.39 is 0 Å². The van der Waals surface area contributed by atoms with E-state index in [-0.39, 0.29) is 6.04 Å². The highest BCUT2D eigenvalue weighted by Crippen LogP contribution is 2.47. The molecule has 2 N–H and O–H groups in total. The first-order chi connectivity index (χ1) is 15.5. The van der Waals surface area contributed by atoms with Crippen LogP contribution in [0.5, 0.6) is 0 Å². The molecule has 3 aromatic rings. The number of nitrogens with two attached hydrogens (primary N) is 1. The molecule has 0 spiro atoms. The van der Waals surface area contributed by atoms with E-state index in [1.807, 2.05) is 18.2 Å². The predicted octanol–water partition coefficient (Wildman–Crippen LogP) is 8.13. The fourth-order valence-corrected chi connectivity index (χ4v) is 4.58. The van der Waals surface area contributed by atoms with Crippen LogP contribution in [0.4, 0.5) is 0 Å². The van der Waals surface area contributed by atoms with Crippen LogP contribution < -0.4 is 5.73 Å². The van der Waals surface area contributed by atoms with E-state index in [4.69, 9.17) is 5.73 Å². The molecule has 1 atom stereocenters. The van der Waals surface area contributed by atoms with Crippen molar-refractivity contribution in [1.29, 1.82) is 0 Å². The molecule has 1 heteroatoms. The SMILES string of the molecule is C=C=C/C=C/C=C/C=C1\C(=C(/C)C=C(C)C)C(N)c2cc3ccc4ccccc4c3cc21.